The van der Waals surface area contributed by atoms with Gasteiger partial charge in [-0.25, -0.2) is 0 Å². The molecule has 0 aliphatic carbocycles. The minimum atomic E-state index is -0.246. The number of allylic oxidation sites excluding steroid dienone is 1. The van der Waals surface area contributed by atoms with Crippen LogP contribution in [0.15, 0.2) is 28.4 Å². The molecule has 0 amide bonds. The maximum atomic E-state index is 11.5. The van der Waals surface area contributed by atoms with E-state index in [9.17, 15) is 4.79 Å². The molecule has 3 nitrogen and oxygen atoms in total. The highest BCUT2D eigenvalue weighted by Gasteiger charge is 2.19. The maximum Gasteiger partial charge on any atom is 0.262 e. The molecule has 1 aromatic rings. The van der Waals surface area contributed by atoms with Gasteiger partial charge in [-0.1, -0.05) is 0 Å². The summed E-state index contributed by atoms with van der Waals surface area (Å²) in [5.41, 5.74) is 0. The number of Topliss-reactive ketones (excluding diaryl/α,β-unsaturated/α-hetero) is 1. The van der Waals surface area contributed by atoms with Crippen molar-refractivity contribution < 1.29 is 13.9 Å². The van der Waals surface area contributed by atoms with Crippen LogP contribution in [0, 0.1) is 0 Å². The number of carbonyl (C=O) groups is 1. The first kappa shape index (κ1) is 8.38. The molecule has 1 aliphatic rings. The molecule has 1 aromatic heterocycles. The predicted molar refractivity (Wildman–Crippen MR) is 46.7 cm³/mol. The van der Waals surface area contributed by atoms with Gasteiger partial charge < -0.3 is 9.15 Å². The lowest BCUT2D eigenvalue weighted by atomic mass is 10.2. The third-order valence-electron chi connectivity index (χ3n) is 1.73. The van der Waals surface area contributed by atoms with Gasteiger partial charge in [-0.2, -0.15) is 0 Å². The minimum Gasteiger partial charge on any atom is -0.489 e. The second kappa shape index (κ2) is 3.26. The van der Waals surface area contributed by atoms with Gasteiger partial charge in [-0.15, -0.1) is 0 Å². The number of hydrogen-bond acceptors (Lipinski definition) is 3. The van der Waals surface area contributed by atoms with E-state index in [0.29, 0.717) is 12.4 Å². The van der Waals surface area contributed by atoms with Crippen LogP contribution in [0.1, 0.15) is 17.0 Å². The molecule has 2 rings (SSSR count). The largest absolute Gasteiger partial charge is 0.489 e. The van der Waals surface area contributed by atoms with E-state index in [1.807, 2.05) is 0 Å². The zero-order chi connectivity index (χ0) is 9.26. The van der Waals surface area contributed by atoms with Crippen molar-refractivity contribution in [3.05, 3.63) is 34.9 Å². The molecule has 0 bridgehead atoms. The van der Waals surface area contributed by atoms with Crippen LogP contribution in [-0.4, -0.2) is 12.4 Å². The summed E-state index contributed by atoms with van der Waals surface area (Å²) >= 11 is 5.53. The summed E-state index contributed by atoms with van der Waals surface area (Å²) in [5.74, 6) is 0.327. The van der Waals surface area contributed by atoms with Crippen LogP contribution in [0.4, 0.5) is 0 Å². The van der Waals surface area contributed by atoms with E-state index in [1.165, 1.54) is 12.1 Å². The summed E-state index contributed by atoms with van der Waals surface area (Å²) in [7, 11) is 0. The first-order chi connectivity index (χ1) is 6.27. The summed E-state index contributed by atoms with van der Waals surface area (Å²) in [6.07, 6.45) is 2.52. The van der Waals surface area contributed by atoms with Crippen LogP contribution in [0.3, 0.4) is 0 Å². The SMILES string of the molecule is O=C(C1=CCCO1)c1ccc(Cl)o1. The smallest absolute Gasteiger partial charge is 0.262 e. The lowest BCUT2D eigenvalue weighted by Gasteiger charge is -1.98. The van der Waals surface area contributed by atoms with Crippen molar-refractivity contribution in [2.24, 2.45) is 0 Å². The molecule has 1 aliphatic heterocycles. The van der Waals surface area contributed by atoms with Crippen LogP contribution >= 0.6 is 11.6 Å². The van der Waals surface area contributed by atoms with Crippen molar-refractivity contribution in [2.75, 3.05) is 6.61 Å². The van der Waals surface area contributed by atoms with Gasteiger partial charge in [0.25, 0.3) is 5.78 Å². The fourth-order valence-electron chi connectivity index (χ4n) is 1.13. The van der Waals surface area contributed by atoms with Crippen LogP contribution in [-0.2, 0) is 4.74 Å². The average Bonchev–Trinajstić information content (AvgIpc) is 2.72. The molecule has 0 unspecified atom stereocenters. The molecule has 0 spiro atoms. The lowest BCUT2D eigenvalue weighted by molar-refractivity contribution is 0.0916. The topological polar surface area (TPSA) is 39.4 Å². The number of hydrogen-bond donors (Lipinski definition) is 0. The second-order valence-corrected chi connectivity index (χ2v) is 3.01. The number of carbonyl (C=O) groups excluding carboxylic acids is 1. The zero-order valence-corrected chi connectivity index (χ0v) is 7.50. The van der Waals surface area contributed by atoms with Crippen molar-refractivity contribution in [1.82, 2.24) is 0 Å². The zero-order valence-electron chi connectivity index (χ0n) is 6.75. The van der Waals surface area contributed by atoms with E-state index >= 15 is 0 Å². The van der Waals surface area contributed by atoms with Crippen LogP contribution in [0.5, 0.6) is 0 Å². The molecule has 0 N–H and O–H groups in total. The van der Waals surface area contributed by atoms with Crippen LogP contribution in [0.25, 0.3) is 0 Å². The fourth-order valence-corrected chi connectivity index (χ4v) is 1.28. The molecular formula is C9H7ClO3. The van der Waals surface area contributed by atoms with Gasteiger partial charge in [0.2, 0.25) is 0 Å². The van der Waals surface area contributed by atoms with E-state index in [4.69, 9.17) is 20.8 Å². The van der Waals surface area contributed by atoms with Crippen molar-refractivity contribution in [1.29, 1.82) is 0 Å². The van der Waals surface area contributed by atoms with Crippen molar-refractivity contribution >= 4 is 17.4 Å². The van der Waals surface area contributed by atoms with E-state index in [2.05, 4.69) is 0 Å². The van der Waals surface area contributed by atoms with Gasteiger partial charge in [0.15, 0.2) is 16.7 Å². The number of ether oxygens (including phenoxy) is 1. The quantitative estimate of drug-likeness (QED) is 0.686. The molecule has 0 atom stereocenters. The Balaban J connectivity index is 2.22. The summed E-state index contributed by atoms with van der Waals surface area (Å²) in [4.78, 5) is 11.5. The lowest BCUT2D eigenvalue weighted by Crippen LogP contribution is -2.02. The van der Waals surface area contributed by atoms with Gasteiger partial charge in [-0.3, -0.25) is 4.79 Å². The molecule has 68 valence electrons. The Hall–Kier alpha value is -1.22. The minimum absolute atomic E-state index is 0.210. The molecule has 4 heteroatoms. The van der Waals surface area contributed by atoms with Crippen molar-refractivity contribution in [3.8, 4) is 0 Å². The van der Waals surface area contributed by atoms with E-state index in [1.54, 1.807) is 6.08 Å². The van der Waals surface area contributed by atoms with E-state index in [0.717, 1.165) is 6.42 Å². The predicted octanol–water partition coefficient (Wildman–Crippen LogP) is 2.42. The third kappa shape index (κ3) is 1.60. The first-order valence-corrected chi connectivity index (χ1v) is 4.28. The monoisotopic (exact) mass is 198 g/mol. The van der Waals surface area contributed by atoms with E-state index in [-0.39, 0.29) is 16.8 Å². The molecule has 0 saturated heterocycles. The Bertz CT molecular complexity index is 365. The maximum absolute atomic E-state index is 11.5. The molecule has 0 radical (unpaired) electrons. The average molecular weight is 199 g/mol. The van der Waals surface area contributed by atoms with Gasteiger partial charge in [0, 0.05) is 6.42 Å². The molecule has 0 saturated carbocycles. The highest BCUT2D eigenvalue weighted by atomic mass is 35.5. The second-order valence-electron chi connectivity index (χ2n) is 2.64. The van der Waals surface area contributed by atoms with E-state index < -0.39 is 0 Å². The summed E-state index contributed by atoms with van der Waals surface area (Å²) in [5, 5.41) is 0.210. The molecular weight excluding hydrogens is 192 g/mol. The van der Waals surface area contributed by atoms with Gasteiger partial charge >= 0.3 is 0 Å². The van der Waals surface area contributed by atoms with Crippen LogP contribution in [0.2, 0.25) is 5.22 Å². The highest BCUT2D eigenvalue weighted by Crippen LogP contribution is 2.19. The van der Waals surface area contributed by atoms with Gasteiger partial charge in [0.1, 0.15) is 0 Å². The molecule has 2 heterocycles. The number of rotatable bonds is 2. The summed E-state index contributed by atoms with van der Waals surface area (Å²) < 4.78 is 10.0. The Kier molecular flexibility index (Phi) is 2.10. The number of furan rings is 1. The Labute approximate surface area is 79.9 Å². The van der Waals surface area contributed by atoms with Crippen molar-refractivity contribution in [2.45, 2.75) is 6.42 Å². The molecule has 0 fully saturated rings. The fraction of sp³-hybridized carbons (Fsp3) is 0.222. The number of halogens is 1. The van der Waals surface area contributed by atoms with Gasteiger partial charge in [0.05, 0.1) is 6.61 Å². The summed E-state index contributed by atoms with van der Waals surface area (Å²) in [6.45, 7) is 0.565. The van der Waals surface area contributed by atoms with Crippen molar-refractivity contribution in [3.63, 3.8) is 0 Å². The normalized spacial score (nSPS) is 15.3. The molecule has 0 aromatic carbocycles. The Morgan fingerprint density at radius 1 is 1.46 bits per heavy atom. The Morgan fingerprint density at radius 2 is 2.31 bits per heavy atom. The Morgan fingerprint density at radius 3 is 2.85 bits per heavy atom. The first-order valence-electron chi connectivity index (χ1n) is 3.90. The number of ketones is 1. The standard InChI is InChI=1S/C9H7ClO3/c10-8-4-3-7(13-8)9(11)6-2-1-5-12-6/h2-4H,1,5H2. The third-order valence-corrected chi connectivity index (χ3v) is 1.93. The highest BCUT2D eigenvalue weighted by molar-refractivity contribution is 6.29. The van der Waals surface area contributed by atoms with Crippen LogP contribution < -0.4 is 0 Å². The van der Waals surface area contributed by atoms with Gasteiger partial charge in [-0.05, 0) is 29.8 Å². The summed E-state index contributed by atoms with van der Waals surface area (Å²) in [6, 6.07) is 3.07. The molecule has 13 heavy (non-hydrogen) atoms.